The van der Waals surface area contributed by atoms with Gasteiger partial charge >= 0.3 is 5.97 Å². The highest BCUT2D eigenvalue weighted by Crippen LogP contribution is 2.20. The normalized spacial score (nSPS) is 10.3. The van der Waals surface area contributed by atoms with Crippen LogP contribution in [0.4, 0.5) is 0 Å². The van der Waals surface area contributed by atoms with Gasteiger partial charge in [-0.3, -0.25) is 4.79 Å². The number of nitrogens with zero attached hydrogens (tertiary/aromatic N) is 3. The highest BCUT2D eigenvalue weighted by Gasteiger charge is 2.08. The zero-order valence-electron chi connectivity index (χ0n) is 10.8. The SMILES string of the molecule is Cl.O=C(O)Cc1cn2nc(-c3ccc(O)cc3)ccc2n1. The van der Waals surface area contributed by atoms with E-state index in [0.29, 0.717) is 11.3 Å². The second-order valence-electron chi connectivity index (χ2n) is 4.37. The van der Waals surface area contributed by atoms with Crippen LogP contribution in [0.3, 0.4) is 0 Å². The number of aliphatic carboxylic acids is 1. The summed E-state index contributed by atoms with van der Waals surface area (Å²) in [6.07, 6.45) is 1.48. The third-order valence-corrected chi connectivity index (χ3v) is 2.87. The summed E-state index contributed by atoms with van der Waals surface area (Å²) in [6, 6.07) is 10.3. The molecule has 0 saturated carbocycles. The van der Waals surface area contributed by atoms with Crippen molar-refractivity contribution in [2.24, 2.45) is 0 Å². The fourth-order valence-electron chi connectivity index (χ4n) is 1.96. The van der Waals surface area contributed by atoms with Gasteiger partial charge in [-0.15, -0.1) is 12.4 Å². The number of hydrogen-bond acceptors (Lipinski definition) is 4. The Kier molecular flexibility index (Phi) is 4.09. The molecule has 0 radical (unpaired) electrons. The van der Waals surface area contributed by atoms with E-state index >= 15 is 0 Å². The molecule has 0 spiro atoms. The smallest absolute Gasteiger partial charge is 0.309 e. The average molecular weight is 306 g/mol. The number of carbonyl (C=O) groups is 1. The zero-order valence-corrected chi connectivity index (χ0v) is 11.6. The Balaban J connectivity index is 0.00000161. The van der Waals surface area contributed by atoms with E-state index in [0.717, 1.165) is 11.3 Å². The van der Waals surface area contributed by atoms with Gasteiger partial charge in [0.25, 0.3) is 0 Å². The second kappa shape index (κ2) is 5.80. The lowest BCUT2D eigenvalue weighted by Crippen LogP contribution is -1.99. The van der Waals surface area contributed by atoms with Crippen molar-refractivity contribution in [2.45, 2.75) is 6.42 Å². The van der Waals surface area contributed by atoms with Crippen molar-refractivity contribution in [2.75, 3.05) is 0 Å². The van der Waals surface area contributed by atoms with Crippen LogP contribution in [-0.4, -0.2) is 30.8 Å². The van der Waals surface area contributed by atoms with Gasteiger partial charge in [0.15, 0.2) is 5.65 Å². The van der Waals surface area contributed by atoms with Crippen LogP contribution in [0.25, 0.3) is 16.9 Å². The first-order valence-electron chi connectivity index (χ1n) is 5.98. The number of halogens is 1. The summed E-state index contributed by atoms with van der Waals surface area (Å²) >= 11 is 0. The molecule has 108 valence electrons. The maximum absolute atomic E-state index is 10.7. The number of imidazole rings is 1. The predicted molar refractivity (Wildman–Crippen MR) is 78.7 cm³/mol. The van der Waals surface area contributed by atoms with Crippen LogP contribution in [0.15, 0.2) is 42.6 Å². The number of rotatable bonds is 3. The molecule has 2 heterocycles. The van der Waals surface area contributed by atoms with Crippen molar-refractivity contribution in [3.05, 3.63) is 48.3 Å². The minimum Gasteiger partial charge on any atom is -0.508 e. The van der Waals surface area contributed by atoms with Crippen molar-refractivity contribution in [1.82, 2.24) is 14.6 Å². The van der Waals surface area contributed by atoms with E-state index in [1.165, 1.54) is 0 Å². The average Bonchev–Trinajstić information content (AvgIpc) is 2.79. The van der Waals surface area contributed by atoms with Gasteiger partial charge in [0.2, 0.25) is 0 Å². The van der Waals surface area contributed by atoms with Crippen LogP contribution in [0.1, 0.15) is 5.69 Å². The molecule has 6 nitrogen and oxygen atoms in total. The van der Waals surface area contributed by atoms with Gasteiger partial charge in [-0.25, -0.2) is 9.50 Å². The molecule has 0 amide bonds. The van der Waals surface area contributed by atoms with Gasteiger partial charge in [0.05, 0.1) is 24.0 Å². The summed E-state index contributed by atoms with van der Waals surface area (Å²) in [5.74, 6) is -0.728. The molecule has 2 N–H and O–H groups in total. The Hall–Kier alpha value is -2.60. The molecule has 3 rings (SSSR count). The van der Waals surface area contributed by atoms with E-state index in [4.69, 9.17) is 5.11 Å². The topological polar surface area (TPSA) is 87.7 Å². The van der Waals surface area contributed by atoms with E-state index in [9.17, 15) is 9.90 Å². The Bertz CT molecular complexity index is 784. The van der Waals surface area contributed by atoms with Crippen LogP contribution in [0, 0.1) is 0 Å². The number of fused-ring (bicyclic) bond motifs is 1. The molecule has 1 aromatic carbocycles. The monoisotopic (exact) mass is 305 g/mol. The van der Waals surface area contributed by atoms with Gasteiger partial charge in [0.1, 0.15) is 5.75 Å². The standard InChI is InChI=1S/C14H11N3O3.ClH/c18-11-3-1-9(2-4-11)12-5-6-13-15-10(7-14(19)20)8-17(13)16-12;/h1-6,8,18H,7H2,(H,19,20);1H. The van der Waals surface area contributed by atoms with E-state index in [1.54, 1.807) is 47.1 Å². The van der Waals surface area contributed by atoms with E-state index < -0.39 is 5.97 Å². The highest BCUT2D eigenvalue weighted by molar-refractivity contribution is 5.85. The summed E-state index contributed by atoms with van der Waals surface area (Å²) in [6.45, 7) is 0. The predicted octanol–water partition coefficient (Wildman–Crippen LogP) is 2.15. The van der Waals surface area contributed by atoms with Gasteiger partial charge in [-0.1, -0.05) is 0 Å². The molecule has 0 aliphatic heterocycles. The summed E-state index contributed by atoms with van der Waals surface area (Å²) < 4.78 is 1.56. The maximum Gasteiger partial charge on any atom is 0.309 e. The first-order valence-corrected chi connectivity index (χ1v) is 5.98. The van der Waals surface area contributed by atoms with Gasteiger partial charge in [0, 0.05) is 5.56 Å². The first-order chi connectivity index (χ1) is 9.61. The Morgan fingerprint density at radius 3 is 2.52 bits per heavy atom. The number of carboxylic acids is 1. The minimum absolute atomic E-state index is 0. The van der Waals surface area contributed by atoms with Crippen LogP contribution in [0.2, 0.25) is 0 Å². The van der Waals surface area contributed by atoms with Crippen molar-refractivity contribution < 1.29 is 15.0 Å². The molecule has 21 heavy (non-hydrogen) atoms. The number of carboxylic acid groups (broad SMARTS) is 1. The quantitative estimate of drug-likeness (QED) is 0.774. The fourth-order valence-corrected chi connectivity index (χ4v) is 1.96. The Morgan fingerprint density at radius 1 is 1.14 bits per heavy atom. The van der Waals surface area contributed by atoms with Crippen LogP contribution in [0.5, 0.6) is 5.75 Å². The molecule has 0 aliphatic rings. The van der Waals surface area contributed by atoms with E-state index in [-0.39, 0.29) is 24.6 Å². The van der Waals surface area contributed by atoms with Crippen molar-refractivity contribution in [3.8, 4) is 17.0 Å². The van der Waals surface area contributed by atoms with Crippen molar-refractivity contribution in [3.63, 3.8) is 0 Å². The van der Waals surface area contributed by atoms with Crippen molar-refractivity contribution >= 4 is 24.0 Å². The number of phenols is 1. The first kappa shape index (κ1) is 14.8. The largest absolute Gasteiger partial charge is 0.508 e. The molecule has 0 saturated heterocycles. The summed E-state index contributed by atoms with van der Waals surface area (Å²) in [4.78, 5) is 14.9. The third kappa shape index (κ3) is 3.11. The number of benzene rings is 1. The maximum atomic E-state index is 10.7. The number of aromatic nitrogens is 3. The zero-order chi connectivity index (χ0) is 14.1. The highest BCUT2D eigenvalue weighted by atomic mass is 35.5. The summed E-state index contributed by atoms with van der Waals surface area (Å²) in [5.41, 5.74) is 2.64. The number of hydrogen-bond donors (Lipinski definition) is 2. The molecule has 0 atom stereocenters. The molecule has 0 aliphatic carbocycles. The molecule has 7 heteroatoms. The lowest BCUT2D eigenvalue weighted by Gasteiger charge is -2.01. The minimum atomic E-state index is -0.924. The Morgan fingerprint density at radius 2 is 1.86 bits per heavy atom. The molecule has 0 fully saturated rings. The summed E-state index contributed by atoms with van der Waals surface area (Å²) in [5, 5.41) is 22.4. The summed E-state index contributed by atoms with van der Waals surface area (Å²) in [7, 11) is 0. The Labute approximate surface area is 126 Å². The fraction of sp³-hybridized carbons (Fsp3) is 0.0714. The van der Waals surface area contributed by atoms with Gasteiger partial charge < -0.3 is 10.2 Å². The van der Waals surface area contributed by atoms with Gasteiger partial charge in [-0.2, -0.15) is 5.10 Å². The van der Waals surface area contributed by atoms with Crippen LogP contribution >= 0.6 is 12.4 Å². The van der Waals surface area contributed by atoms with Crippen molar-refractivity contribution in [1.29, 1.82) is 0 Å². The molecular weight excluding hydrogens is 294 g/mol. The van der Waals surface area contributed by atoms with E-state index in [1.807, 2.05) is 0 Å². The molecule has 0 bridgehead atoms. The molecule has 3 aromatic rings. The molecular formula is C14H12ClN3O3. The number of phenolic OH excluding ortho intramolecular Hbond substituents is 1. The van der Waals surface area contributed by atoms with Crippen LogP contribution < -0.4 is 0 Å². The number of aromatic hydroxyl groups is 1. The molecule has 0 unspecified atom stereocenters. The van der Waals surface area contributed by atoms with E-state index in [2.05, 4.69) is 10.1 Å². The third-order valence-electron chi connectivity index (χ3n) is 2.87. The lowest BCUT2D eigenvalue weighted by atomic mass is 10.1. The second-order valence-corrected chi connectivity index (χ2v) is 4.37. The van der Waals surface area contributed by atoms with Crippen LogP contribution in [-0.2, 0) is 11.2 Å². The molecule has 2 aromatic heterocycles. The van der Waals surface area contributed by atoms with Gasteiger partial charge in [-0.05, 0) is 36.4 Å². The lowest BCUT2D eigenvalue weighted by molar-refractivity contribution is -0.136.